The highest BCUT2D eigenvalue weighted by molar-refractivity contribution is 5.72. The van der Waals surface area contributed by atoms with E-state index in [4.69, 9.17) is 14.6 Å². The van der Waals surface area contributed by atoms with Crippen LogP contribution in [0.5, 0.6) is 0 Å². The maximum atomic E-state index is 11.6. The predicted molar refractivity (Wildman–Crippen MR) is 67.7 cm³/mol. The van der Waals surface area contributed by atoms with Gasteiger partial charge in [-0.15, -0.1) is 0 Å². The molecule has 104 valence electrons. The standard InChI is InChI=1S/C13H17NO5/c1-18-9-11(14-13(16)17)7-12(15)19-8-10-5-3-2-4-6-10/h2-6,11,14H,7-9H2,1H3,(H,16,17)/t11-/m0/s1. The maximum Gasteiger partial charge on any atom is 0.404 e. The molecule has 0 heterocycles. The van der Waals surface area contributed by atoms with Gasteiger partial charge in [-0.1, -0.05) is 30.3 Å². The van der Waals surface area contributed by atoms with E-state index in [9.17, 15) is 9.59 Å². The summed E-state index contributed by atoms with van der Waals surface area (Å²) < 4.78 is 9.89. The lowest BCUT2D eigenvalue weighted by Gasteiger charge is -2.15. The van der Waals surface area contributed by atoms with Crippen LogP contribution < -0.4 is 5.32 Å². The summed E-state index contributed by atoms with van der Waals surface area (Å²) in [5.41, 5.74) is 0.880. The Balaban J connectivity index is 2.37. The van der Waals surface area contributed by atoms with Gasteiger partial charge in [0.2, 0.25) is 0 Å². The summed E-state index contributed by atoms with van der Waals surface area (Å²) in [6, 6.07) is 8.65. The Hall–Kier alpha value is -2.08. The molecule has 2 N–H and O–H groups in total. The van der Waals surface area contributed by atoms with Gasteiger partial charge >= 0.3 is 12.1 Å². The van der Waals surface area contributed by atoms with Crippen molar-refractivity contribution < 1.29 is 24.2 Å². The number of carbonyl (C=O) groups excluding carboxylic acids is 1. The number of hydrogen-bond acceptors (Lipinski definition) is 4. The first-order valence-electron chi connectivity index (χ1n) is 5.79. The molecule has 0 radical (unpaired) electrons. The van der Waals surface area contributed by atoms with Crippen molar-refractivity contribution in [3.05, 3.63) is 35.9 Å². The number of rotatable bonds is 7. The van der Waals surface area contributed by atoms with Crippen LogP contribution in [0.25, 0.3) is 0 Å². The summed E-state index contributed by atoms with van der Waals surface area (Å²) in [6.45, 7) is 0.291. The zero-order chi connectivity index (χ0) is 14.1. The number of carbonyl (C=O) groups is 2. The van der Waals surface area contributed by atoms with E-state index in [1.807, 2.05) is 30.3 Å². The second-order valence-corrected chi connectivity index (χ2v) is 3.95. The van der Waals surface area contributed by atoms with Gasteiger partial charge in [-0.3, -0.25) is 4.79 Å². The minimum absolute atomic E-state index is 0.0625. The number of benzene rings is 1. The van der Waals surface area contributed by atoms with E-state index in [0.29, 0.717) is 0 Å². The molecule has 0 unspecified atom stereocenters. The Labute approximate surface area is 111 Å². The Morgan fingerprint density at radius 3 is 2.58 bits per heavy atom. The SMILES string of the molecule is COC[C@H](CC(=O)OCc1ccccc1)NC(=O)O. The number of nitrogens with one attached hydrogen (secondary N) is 1. The maximum absolute atomic E-state index is 11.6. The molecular weight excluding hydrogens is 250 g/mol. The first-order valence-corrected chi connectivity index (χ1v) is 5.79. The molecule has 0 spiro atoms. The van der Waals surface area contributed by atoms with Crippen molar-refractivity contribution in [1.29, 1.82) is 0 Å². The molecule has 0 saturated carbocycles. The minimum atomic E-state index is -1.20. The lowest BCUT2D eigenvalue weighted by Crippen LogP contribution is -2.39. The molecule has 0 aromatic heterocycles. The van der Waals surface area contributed by atoms with E-state index in [1.54, 1.807) is 0 Å². The third-order valence-electron chi connectivity index (χ3n) is 2.35. The van der Waals surface area contributed by atoms with Crippen molar-refractivity contribution in [1.82, 2.24) is 5.32 Å². The average molecular weight is 267 g/mol. The second-order valence-electron chi connectivity index (χ2n) is 3.95. The van der Waals surface area contributed by atoms with Crippen LogP contribution in [0, 0.1) is 0 Å². The van der Waals surface area contributed by atoms with Crippen molar-refractivity contribution in [2.45, 2.75) is 19.1 Å². The van der Waals surface area contributed by atoms with Crippen molar-refractivity contribution in [2.75, 3.05) is 13.7 Å². The molecule has 1 atom stereocenters. The highest BCUT2D eigenvalue weighted by Gasteiger charge is 2.16. The van der Waals surface area contributed by atoms with Gasteiger partial charge in [-0.05, 0) is 5.56 Å². The lowest BCUT2D eigenvalue weighted by atomic mass is 10.2. The third-order valence-corrected chi connectivity index (χ3v) is 2.35. The zero-order valence-corrected chi connectivity index (χ0v) is 10.7. The molecule has 0 fully saturated rings. The molecule has 1 amide bonds. The van der Waals surface area contributed by atoms with Crippen molar-refractivity contribution >= 4 is 12.1 Å². The zero-order valence-electron chi connectivity index (χ0n) is 10.7. The van der Waals surface area contributed by atoms with E-state index in [-0.39, 0.29) is 19.6 Å². The van der Waals surface area contributed by atoms with Gasteiger partial charge in [0, 0.05) is 7.11 Å². The van der Waals surface area contributed by atoms with Crippen molar-refractivity contribution in [3.63, 3.8) is 0 Å². The predicted octanol–water partition coefficient (Wildman–Crippen LogP) is 1.40. The number of carboxylic acid groups (broad SMARTS) is 1. The molecule has 1 rings (SSSR count). The Morgan fingerprint density at radius 1 is 1.32 bits per heavy atom. The summed E-state index contributed by atoms with van der Waals surface area (Å²) in [4.78, 5) is 22.1. The van der Waals surface area contributed by atoms with E-state index in [0.717, 1.165) is 5.56 Å². The molecule has 6 heteroatoms. The fourth-order valence-corrected chi connectivity index (χ4v) is 1.53. The molecule has 19 heavy (non-hydrogen) atoms. The van der Waals surface area contributed by atoms with Gasteiger partial charge in [0.25, 0.3) is 0 Å². The summed E-state index contributed by atoms with van der Waals surface area (Å²) in [5, 5.41) is 10.8. The Kier molecular flexibility index (Phi) is 6.38. The van der Waals surface area contributed by atoms with Crippen LogP contribution in [0.3, 0.4) is 0 Å². The number of amides is 1. The summed E-state index contributed by atoms with van der Waals surface area (Å²) in [6.07, 6.45) is -1.26. The second kappa shape index (κ2) is 8.10. The van der Waals surface area contributed by atoms with E-state index >= 15 is 0 Å². The topological polar surface area (TPSA) is 84.9 Å². The molecule has 0 saturated heterocycles. The monoisotopic (exact) mass is 267 g/mol. The van der Waals surface area contributed by atoms with Gasteiger partial charge < -0.3 is 19.9 Å². The largest absolute Gasteiger partial charge is 0.465 e. The quantitative estimate of drug-likeness (QED) is 0.729. The first-order chi connectivity index (χ1) is 9.11. The van der Waals surface area contributed by atoms with Gasteiger partial charge in [-0.2, -0.15) is 0 Å². The van der Waals surface area contributed by atoms with Crippen molar-refractivity contribution in [2.24, 2.45) is 0 Å². The van der Waals surface area contributed by atoms with Crippen LogP contribution in [0.15, 0.2) is 30.3 Å². The van der Waals surface area contributed by atoms with Crippen LogP contribution in [0.2, 0.25) is 0 Å². The average Bonchev–Trinajstić information content (AvgIpc) is 2.37. The molecule has 0 bridgehead atoms. The smallest absolute Gasteiger partial charge is 0.404 e. The molecule has 1 aromatic carbocycles. The fourth-order valence-electron chi connectivity index (χ4n) is 1.53. The van der Waals surface area contributed by atoms with Gasteiger partial charge in [-0.25, -0.2) is 4.79 Å². The molecule has 1 aromatic rings. The Bertz CT molecular complexity index is 407. The number of esters is 1. The van der Waals surface area contributed by atoms with Gasteiger partial charge in [0.05, 0.1) is 19.1 Å². The fraction of sp³-hybridized carbons (Fsp3) is 0.385. The van der Waals surface area contributed by atoms with E-state index < -0.39 is 18.1 Å². The van der Waals surface area contributed by atoms with Gasteiger partial charge in [0.1, 0.15) is 6.61 Å². The van der Waals surface area contributed by atoms with Crippen LogP contribution in [-0.4, -0.2) is 36.9 Å². The van der Waals surface area contributed by atoms with Crippen LogP contribution in [0.4, 0.5) is 4.79 Å². The first kappa shape index (κ1) is 15.0. The third kappa shape index (κ3) is 6.42. The molecule has 0 aliphatic rings. The summed E-state index contributed by atoms with van der Waals surface area (Å²) >= 11 is 0. The number of methoxy groups -OCH3 is 1. The molecular formula is C13H17NO5. The van der Waals surface area contributed by atoms with Crippen LogP contribution in [0.1, 0.15) is 12.0 Å². The van der Waals surface area contributed by atoms with E-state index in [1.165, 1.54) is 7.11 Å². The van der Waals surface area contributed by atoms with E-state index in [2.05, 4.69) is 5.32 Å². The number of hydrogen-bond donors (Lipinski definition) is 2. The molecule has 0 aliphatic carbocycles. The van der Waals surface area contributed by atoms with Gasteiger partial charge in [0.15, 0.2) is 0 Å². The lowest BCUT2D eigenvalue weighted by molar-refractivity contribution is -0.145. The highest BCUT2D eigenvalue weighted by Crippen LogP contribution is 2.03. The molecule has 6 nitrogen and oxygen atoms in total. The van der Waals surface area contributed by atoms with Crippen molar-refractivity contribution in [3.8, 4) is 0 Å². The highest BCUT2D eigenvalue weighted by atomic mass is 16.5. The van der Waals surface area contributed by atoms with Crippen LogP contribution >= 0.6 is 0 Å². The summed E-state index contributed by atoms with van der Waals surface area (Å²) in [5.74, 6) is -0.473. The Morgan fingerprint density at radius 2 is 2.00 bits per heavy atom. The molecule has 0 aliphatic heterocycles. The van der Waals surface area contributed by atoms with Crippen LogP contribution in [-0.2, 0) is 20.9 Å². The summed E-state index contributed by atoms with van der Waals surface area (Å²) in [7, 11) is 1.44. The number of ether oxygens (including phenoxy) is 2. The minimum Gasteiger partial charge on any atom is -0.465 e. The normalized spacial score (nSPS) is 11.6.